The van der Waals surface area contributed by atoms with Crippen molar-refractivity contribution in [1.29, 1.82) is 0 Å². The first-order chi connectivity index (χ1) is 9.18. The number of likely N-dealkylation sites (N-methyl/N-ethyl adjacent to an activating group) is 1. The van der Waals surface area contributed by atoms with Gasteiger partial charge in [-0.3, -0.25) is 9.69 Å². The molecule has 0 radical (unpaired) electrons. The second kappa shape index (κ2) is 6.73. The first-order valence-electron chi connectivity index (χ1n) is 6.89. The van der Waals surface area contributed by atoms with Gasteiger partial charge >= 0.3 is 0 Å². The Bertz CT molecular complexity index is 383. The Morgan fingerprint density at radius 3 is 3.00 bits per heavy atom. The fourth-order valence-corrected chi connectivity index (χ4v) is 2.41. The number of furan rings is 1. The second-order valence-corrected chi connectivity index (χ2v) is 5.24. The quantitative estimate of drug-likeness (QED) is 0.838. The molecular weight excluding hydrogens is 242 g/mol. The Kier molecular flexibility index (Phi) is 4.99. The van der Waals surface area contributed by atoms with Gasteiger partial charge in [0.2, 0.25) is 5.91 Å². The molecule has 1 unspecified atom stereocenters. The molecule has 0 aromatic carbocycles. The monoisotopic (exact) mass is 265 g/mol. The van der Waals surface area contributed by atoms with E-state index < -0.39 is 0 Å². The van der Waals surface area contributed by atoms with E-state index in [-0.39, 0.29) is 18.0 Å². The van der Waals surface area contributed by atoms with E-state index in [4.69, 9.17) is 4.42 Å². The molecule has 19 heavy (non-hydrogen) atoms. The SMILES string of the molecule is CN(C)C(CNC(=O)[C@H]1CCCCN1)c1ccco1. The Labute approximate surface area is 114 Å². The normalized spacial score (nSPS) is 21.3. The fourth-order valence-electron chi connectivity index (χ4n) is 2.41. The number of amides is 1. The molecule has 1 aliphatic rings. The molecule has 1 aliphatic heterocycles. The molecule has 2 N–H and O–H groups in total. The molecular formula is C14H23N3O2. The number of piperidine rings is 1. The number of nitrogens with one attached hydrogen (secondary N) is 2. The van der Waals surface area contributed by atoms with Crippen molar-refractivity contribution in [2.75, 3.05) is 27.2 Å². The Morgan fingerprint density at radius 1 is 1.58 bits per heavy atom. The summed E-state index contributed by atoms with van der Waals surface area (Å²) < 4.78 is 5.43. The zero-order chi connectivity index (χ0) is 13.7. The van der Waals surface area contributed by atoms with Crippen LogP contribution in [0.1, 0.15) is 31.1 Å². The van der Waals surface area contributed by atoms with Gasteiger partial charge in [-0.05, 0) is 45.6 Å². The van der Waals surface area contributed by atoms with Crippen LogP contribution in [0.2, 0.25) is 0 Å². The highest BCUT2D eigenvalue weighted by molar-refractivity contribution is 5.81. The predicted octanol–water partition coefficient (Wildman–Crippen LogP) is 1.14. The van der Waals surface area contributed by atoms with Crippen molar-refractivity contribution in [3.63, 3.8) is 0 Å². The molecule has 0 spiro atoms. The molecule has 1 aromatic heterocycles. The molecule has 5 nitrogen and oxygen atoms in total. The second-order valence-electron chi connectivity index (χ2n) is 5.24. The summed E-state index contributed by atoms with van der Waals surface area (Å²) in [4.78, 5) is 14.1. The van der Waals surface area contributed by atoms with Crippen LogP contribution in [0.3, 0.4) is 0 Å². The molecule has 1 amide bonds. The van der Waals surface area contributed by atoms with Crippen LogP contribution in [0, 0.1) is 0 Å². The Morgan fingerprint density at radius 2 is 2.42 bits per heavy atom. The van der Waals surface area contributed by atoms with Crippen LogP contribution >= 0.6 is 0 Å². The van der Waals surface area contributed by atoms with Gasteiger partial charge in [0.15, 0.2) is 0 Å². The van der Waals surface area contributed by atoms with Crippen LogP contribution < -0.4 is 10.6 Å². The van der Waals surface area contributed by atoms with Crippen LogP contribution in [0.15, 0.2) is 22.8 Å². The number of rotatable bonds is 5. The minimum absolute atomic E-state index is 0.0341. The van der Waals surface area contributed by atoms with E-state index in [0.29, 0.717) is 6.54 Å². The van der Waals surface area contributed by atoms with Crippen molar-refractivity contribution in [3.8, 4) is 0 Å². The minimum atomic E-state index is -0.0341. The molecule has 2 rings (SSSR count). The third kappa shape index (κ3) is 3.81. The number of carbonyl (C=O) groups is 1. The number of carbonyl (C=O) groups excluding carboxylic acids is 1. The highest BCUT2D eigenvalue weighted by Crippen LogP contribution is 2.17. The van der Waals surface area contributed by atoms with Gasteiger partial charge in [-0.2, -0.15) is 0 Å². The topological polar surface area (TPSA) is 57.5 Å². The van der Waals surface area contributed by atoms with E-state index in [9.17, 15) is 4.79 Å². The van der Waals surface area contributed by atoms with Gasteiger partial charge in [0.25, 0.3) is 0 Å². The summed E-state index contributed by atoms with van der Waals surface area (Å²) in [6, 6.07) is 3.85. The van der Waals surface area contributed by atoms with Crippen molar-refractivity contribution >= 4 is 5.91 Å². The molecule has 0 bridgehead atoms. The number of hydrogen-bond acceptors (Lipinski definition) is 4. The summed E-state index contributed by atoms with van der Waals surface area (Å²) in [5, 5.41) is 6.28. The number of hydrogen-bond donors (Lipinski definition) is 2. The molecule has 1 saturated heterocycles. The van der Waals surface area contributed by atoms with E-state index >= 15 is 0 Å². The first-order valence-corrected chi connectivity index (χ1v) is 6.89. The number of nitrogens with zero attached hydrogens (tertiary/aromatic N) is 1. The highest BCUT2D eigenvalue weighted by Gasteiger charge is 2.23. The van der Waals surface area contributed by atoms with Crippen LogP contribution in [-0.4, -0.2) is 44.0 Å². The summed E-state index contributed by atoms with van der Waals surface area (Å²) in [7, 11) is 3.97. The maximum absolute atomic E-state index is 12.1. The fraction of sp³-hybridized carbons (Fsp3) is 0.643. The summed E-state index contributed by atoms with van der Waals surface area (Å²) in [5.74, 6) is 0.972. The summed E-state index contributed by atoms with van der Waals surface area (Å²) in [6.07, 6.45) is 4.88. The van der Waals surface area contributed by atoms with Crippen molar-refractivity contribution in [2.24, 2.45) is 0 Å². The molecule has 5 heteroatoms. The van der Waals surface area contributed by atoms with Crippen molar-refractivity contribution in [1.82, 2.24) is 15.5 Å². The average Bonchev–Trinajstić information content (AvgIpc) is 2.93. The summed E-state index contributed by atoms with van der Waals surface area (Å²) in [5.41, 5.74) is 0. The highest BCUT2D eigenvalue weighted by atomic mass is 16.3. The molecule has 0 aliphatic carbocycles. The molecule has 1 fully saturated rings. The minimum Gasteiger partial charge on any atom is -0.468 e. The van der Waals surface area contributed by atoms with Crippen molar-refractivity contribution < 1.29 is 9.21 Å². The summed E-state index contributed by atoms with van der Waals surface area (Å²) >= 11 is 0. The molecule has 0 saturated carbocycles. The van der Waals surface area contributed by atoms with E-state index in [1.807, 2.05) is 31.1 Å². The lowest BCUT2D eigenvalue weighted by Gasteiger charge is -2.26. The van der Waals surface area contributed by atoms with Gasteiger partial charge in [0.1, 0.15) is 5.76 Å². The standard InChI is InChI=1S/C14H23N3O2/c1-17(2)12(13-7-5-9-19-13)10-16-14(18)11-6-3-4-8-15-11/h5,7,9,11-12,15H,3-4,6,8,10H2,1-2H3,(H,16,18)/t11-,12?/m1/s1. The smallest absolute Gasteiger partial charge is 0.237 e. The van der Waals surface area contributed by atoms with Crippen molar-refractivity contribution in [3.05, 3.63) is 24.2 Å². The lowest BCUT2D eigenvalue weighted by Crippen LogP contribution is -2.48. The molecule has 1 aromatic rings. The average molecular weight is 265 g/mol. The van der Waals surface area contributed by atoms with Crippen LogP contribution in [0.5, 0.6) is 0 Å². The molecule has 106 valence electrons. The summed E-state index contributed by atoms with van der Waals surface area (Å²) in [6.45, 7) is 1.50. The van der Waals surface area contributed by atoms with E-state index in [1.54, 1.807) is 6.26 Å². The van der Waals surface area contributed by atoms with Gasteiger partial charge < -0.3 is 15.1 Å². The Balaban J connectivity index is 1.86. The largest absolute Gasteiger partial charge is 0.468 e. The van der Waals surface area contributed by atoms with Crippen LogP contribution in [-0.2, 0) is 4.79 Å². The predicted molar refractivity (Wildman–Crippen MR) is 73.8 cm³/mol. The van der Waals surface area contributed by atoms with Gasteiger partial charge in [0.05, 0.1) is 18.3 Å². The maximum atomic E-state index is 12.1. The van der Waals surface area contributed by atoms with Gasteiger partial charge in [0, 0.05) is 6.54 Å². The molecule has 2 heterocycles. The lowest BCUT2D eigenvalue weighted by atomic mass is 10.0. The van der Waals surface area contributed by atoms with Crippen LogP contribution in [0.25, 0.3) is 0 Å². The van der Waals surface area contributed by atoms with Gasteiger partial charge in [-0.15, -0.1) is 0 Å². The zero-order valence-electron chi connectivity index (χ0n) is 11.7. The maximum Gasteiger partial charge on any atom is 0.237 e. The van der Waals surface area contributed by atoms with E-state index in [2.05, 4.69) is 10.6 Å². The third-order valence-corrected chi connectivity index (χ3v) is 3.59. The third-order valence-electron chi connectivity index (χ3n) is 3.59. The zero-order valence-corrected chi connectivity index (χ0v) is 11.7. The van der Waals surface area contributed by atoms with Gasteiger partial charge in [-0.25, -0.2) is 0 Å². The van der Waals surface area contributed by atoms with Gasteiger partial charge in [-0.1, -0.05) is 6.42 Å². The van der Waals surface area contributed by atoms with Crippen LogP contribution in [0.4, 0.5) is 0 Å². The van der Waals surface area contributed by atoms with Crippen molar-refractivity contribution in [2.45, 2.75) is 31.3 Å². The lowest BCUT2D eigenvalue weighted by molar-refractivity contribution is -0.123. The molecule has 2 atom stereocenters. The Hall–Kier alpha value is -1.33. The first kappa shape index (κ1) is 14.1. The van der Waals surface area contributed by atoms with E-state index in [0.717, 1.165) is 31.6 Å². The van der Waals surface area contributed by atoms with E-state index in [1.165, 1.54) is 0 Å².